The van der Waals surface area contributed by atoms with Gasteiger partial charge in [-0.3, -0.25) is 4.79 Å². The molecule has 1 rings (SSSR count). The number of hydrogen-bond donors (Lipinski definition) is 3. The fourth-order valence-electron chi connectivity index (χ4n) is 1.32. The van der Waals surface area contributed by atoms with Crippen molar-refractivity contribution in [3.63, 3.8) is 0 Å². The van der Waals surface area contributed by atoms with Crippen molar-refractivity contribution in [2.24, 2.45) is 5.92 Å². The van der Waals surface area contributed by atoms with Gasteiger partial charge in [0, 0.05) is 12.6 Å². The third kappa shape index (κ3) is 4.25. The Bertz CT molecular complexity index is 394. The minimum absolute atomic E-state index is 0.00192. The lowest BCUT2D eigenvalue weighted by molar-refractivity contribution is -0.124. The number of benzene rings is 1. The van der Waals surface area contributed by atoms with Gasteiger partial charge in [-0.25, -0.2) is 0 Å². The van der Waals surface area contributed by atoms with Crippen LogP contribution < -0.4 is 10.1 Å². The van der Waals surface area contributed by atoms with Crippen LogP contribution in [-0.4, -0.2) is 35.4 Å². The fraction of sp³-hybridized carbons (Fsp3) is 0.462. The summed E-state index contributed by atoms with van der Waals surface area (Å²) in [6.45, 7) is 3.51. The summed E-state index contributed by atoms with van der Waals surface area (Å²) >= 11 is 0. The number of rotatable bonds is 6. The van der Waals surface area contributed by atoms with Gasteiger partial charge in [-0.2, -0.15) is 0 Å². The Morgan fingerprint density at radius 2 is 2.06 bits per heavy atom. The highest BCUT2D eigenvalue weighted by Crippen LogP contribution is 2.23. The minimum Gasteiger partial charge on any atom is -0.504 e. The monoisotopic (exact) mass is 253 g/mol. The maximum Gasteiger partial charge on any atom is 0.258 e. The molecule has 0 aliphatic heterocycles. The second-order valence-electron chi connectivity index (χ2n) is 4.27. The van der Waals surface area contributed by atoms with Gasteiger partial charge < -0.3 is 20.3 Å². The summed E-state index contributed by atoms with van der Waals surface area (Å²) in [7, 11) is 0. The van der Waals surface area contributed by atoms with E-state index in [9.17, 15) is 9.90 Å². The summed E-state index contributed by atoms with van der Waals surface area (Å²) in [5.74, 6) is -0.0253. The number of hydrogen-bond acceptors (Lipinski definition) is 4. The molecule has 0 aliphatic carbocycles. The zero-order chi connectivity index (χ0) is 13.5. The van der Waals surface area contributed by atoms with Gasteiger partial charge in [0.1, 0.15) is 0 Å². The van der Waals surface area contributed by atoms with Gasteiger partial charge >= 0.3 is 0 Å². The van der Waals surface area contributed by atoms with Gasteiger partial charge in [0.2, 0.25) is 0 Å². The number of para-hydroxylation sites is 2. The Labute approximate surface area is 106 Å². The molecule has 5 nitrogen and oxygen atoms in total. The number of phenolic OH excluding ortho intramolecular Hbond substituents is 1. The molecule has 0 heterocycles. The smallest absolute Gasteiger partial charge is 0.258 e. The van der Waals surface area contributed by atoms with Gasteiger partial charge in [0.15, 0.2) is 18.1 Å². The van der Waals surface area contributed by atoms with Crippen LogP contribution in [0.1, 0.15) is 13.8 Å². The number of nitrogens with one attached hydrogen (secondary N) is 1. The van der Waals surface area contributed by atoms with Crippen LogP contribution in [0.5, 0.6) is 11.5 Å². The van der Waals surface area contributed by atoms with E-state index in [4.69, 9.17) is 9.84 Å². The van der Waals surface area contributed by atoms with E-state index in [0.717, 1.165) is 0 Å². The predicted molar refractivity (Wildman–Crippen MR) is 67.5 cm³/mol. The standard InChI is InChI=1S/C13H19NO4/c1-9(7-15)10(2)14-13(17)8-18-12-6-4-3-5-11(12)16/h3-6,9-10,15-16H,7-8H2,1-2H3,(H,14,17). The first-order valence-electron chi connectivity index (χ1n) is 5.85. The van der Waals surface area contributed by atoms with Crippen LogP contribution in [0.25, 0.3) is 0 Å². The highest BCUT2D eigenvalue weighted by Gasteiger charge is 2.14. The van der Waals surface area contributed by atoms with Crippen LogP contribution in [0.4, 0.5) is 0 Å². The maximum absolute atomic E-state index is 11.6. The van der Waals surface area contributed by atoms with Crippen molar-refractivity contribution in [2.75, 3.05) is 13.2 Å². The zero-order valence-corrected chi connectivity index (χ0v) is 10.6. The molecule has 1 amide bonds. The molecule has 18 heavy (non-hydrogen) atoms. The largest absolute Gasteiger partial charge is 0.504 e. The topological polar surface area (TPSA) is 78.8 Å². The molecule has 0 radical (unpaired) electrons. The van der Waals surface area contributed by atoms with Crippen LogP contribution >= 0.6 is 0 Å². The van der Waals surface area contributed by atoms with Crippen LogP contribution in [0.3, 0.4) is 0 Å². The Morgan fingerprint density at radius 1 is 1.39 bits per heavy atom. The SMILES string of the molecule is CC(CO)C(C)NC(=O)COc1ccccc1O. The van der Waals surface area contributed by atoms with Crippen molar-refractivity contribution < 1.29 is 19.7 Å². The molecule has 1 aromatic rings. The quantitative estimate of drug-likeness (QED) is 0.704. The van der Waals surface area contributed by atoms with Gasteiger partial charge in [0.25, 0.3) is 5.91 Å². The van der Waals surface area contributed by atoms with Crippen molar-refractivity contribution in [1.29, 1.82) is 0 Å². The number of aromatic hydroxyl groups is 1. The summed E-state index contributed by atoms with van der Waals surface area (Å²) in [6.07, 6.45) is 0. The minimum atomic E-state index is -0.286. The third-order valence-electron chi connectivity index (χ3n) is 2.75. The Morgan fingerprint density at radius 3 is 2.67 bits per heavy atom. The van der Waals surface area contributed by atoms with Gasteiger partial charge in [0.05, 0.1) is 0 Å². The molecule has 3 N–H and O–H groups in total. The number of carbonyl (C=O) groups excluding carboxylic acids is 1. The van der Waals surface area contributed by atoms with Crippen molar-refractivity contribution in [2.45, 2.75) is 19.9 Å². The summed E-state index contributed by atoms with van der Waals surface area (Å²) in [5, 5.41) is 21.1. The van der Waals surface area contributed by atoms with E-state index in [1.807, 2.05) is 13.8 Å². The number of amides is 1. The predicted octanol–water partition coefficient (Wildman–Crippen LogP) is 0.904. The summed E-state index contributed by atoms with van der Waals surface area (Å²) in [5.41, 5.74) is 0. The number of aliphatic hydroxyl groups is 1. The first kappa shape index (κ1) is 14.3. The Kier molecular flexibility index (Phi) is 5.45. The summed E-state index contributed by atoms with van der Waals surface area (Å²) < 4.78 is 5.19. The summed E-state index contributed by atoms with van der Waals surface area (Å²) in [4.78, 5) is 11.6. The second-order valence-corrected chi connectivity index (χ2v) is 4.27. The molecule has 1 aromatic carbocycles. The molecule has 0 aromatic heterocycles. The van der Waals surface area contributed by atoms with Gasteiger partial charge in [-0.05, 0) is 25.0 Å². The van der Waals surface area contributed by atoms with Crippen molar-refractivity contribution in [3.8, 4) is 11.5 Å². The third-order valence-corrected chi connectivity index (χ3v) is 2.75. The van der Waals surface area contributed by atoms with E-state index in [2.05, 4.69) is 5.32 Å². The maximum atomic E-state index is 11.6. The molecule has 0 fully saturated rings. The first-order valence-corrected chi connectivity index (χ1v) is 5.85. The van der Waals surface area contributed by atoms with Crippen LogP contribution in [0.2, 0.25) is 0 Å². The molecule has 0 bridgehead atoms. The Hall–Kier alpha value is -1.75. The molecule has 0 saturated carbocycles. The van der Waals surface area contributed by atoms with Crippen molar-refractivity contribution in [3.05, 3.63) is 24.3 Å². The molecule has 5 heteroatoms. The van der Waals surface area contributed by atoms with Gasteiger partial charge in [-0.1, -0.05) is 19.1 Å². The van der Waals surface area contributed by atoms with Crippen LogP contribution in [0.15, 0.2) is 24.3 Å². The number of carbonyl (C=O) groups is 1. The van der Waals surface area contributed by atoms with E-state index < -0.39 is 0 Å². The summed E-state index contributed by atoms with van der Waals surface area (Å²) in [6, 6.07) is 6.33. The number of ether oxygens (including phenoxy) is 1. The normalized spacial score (nSPS) is 13.7. The molecular formula is C13H19NO4. The lowest BCUT2D eigenvalue weighted by Crippen LogP contribution is -2.40. The average molecular weight is 253 g/mol. The van der Waals surface area contributed by atoms with E-state index >= 15 is 0 Å². The van der Waals surface area contributed by atoms with E-state index in [0.29, 0.717) is 0 Å². The fourth-order valence-corrected chi connectivity index (χ4v) is 1.32. The lowest BCUT2D eigenvalue weighted by atomic mass is 10.1. The molecule has 2 unspecified atom stereocenters. The van der Waals surface area contributed by atoms with Crippen molar-refractivity contribution >= 4 is 5.91 Å². The molecule has 2 atom stereocenters. The molecule has 0 saturated heterocycles. The lowest BCUT2D eigenvalue weighted by Gasteiger charge is -2.19. The first-order chi connectivity index (χ1) is 8.54. The number of aliphatic hydroxyl groups excluding tert-OH is 1. The highest BCUT2D eigenvalue weighted by atomic mass is 16.5. The molecule has 100 valence electrons. The molecule has 0 spiro atoms. The molecule has 0 aliphatic rings. The number of phenols is 1. The average Bonchev–Trinajstić information content (AvgIpc) is 2.36. The second kappa shape index (κ2) is 6.86. The highest BCUT2D eigenvalue weighted by molar-refractivity contribution is 5.77. The van der Waals surface area contributed by atoms with E-state index in [1.54, 1.807) is 18.2 Å². The van der Waals surface area contributed by atoms with Crippen LogP contribution in [-0.2, 0) is 4.79 Å². The van der Waals surface area contributed by atoms with Gasteiger partial charge in [-0.15, -0.1) is 0 Å². The molecular weight excluding hydrogens is 234 g/mol. The van der Waals surface area contributed by atoms with E-state index in [-0.39, 0.29) is 42.6 Å². The van der Waals surface area contributed by atoms with Crippen LogP contribution in [0, 0.1) is 5.92 Å². The van der Waals surface area contributed by atoms with Crippen molar-refractivity contribution in [1.82, 2.24) is 5.32 Å². The van der Waals surface area contributed by atoms with E-state index in [1.165, 1.54) is 6.07 Å². The zero-order valence-electron chi connectivity index (χ0n) is 10.6. The Balaban J connectivity index is 2.40.